The zero-order chi connectivity index (χ0) is 26.0. The molecule has 3 aromatic rings. The first-order valence-electron chi connectivity index (χ1n) is 9.99. The summed E-state index contributed by atoms with van der Waals surface area (Å²) >= 11 is 0. The van der Waals surface area contributed by atoms with E-state index in [2.05, 4.69) is 9.46 Å². The lowest BCUT2D eigenvalue weighted by Crippen LogP contribution is -2.34. The lowest BCUT2D eigenvalue weighted by molar-refractivity contribution is -0.620. The predicted molar refractivity (Wildman–Crippen MR) is 117 cm³/mol. The van der Waals surface area contributed by atoms with Gasteiger partial charge in [0.1, 0.15) is 11.6 Å². The number of benzene rings is 2. The molecule has 0 aliphatic carbocycles. The van der Waals surface area contributed by atoms with Gasteiger partial charge in [-0.05, 0) is 37.3 Å². The van der Waals surface area contributed by atoms with Gasteiger partial charge in [-0.2, -0.15) is 13.2 Å². The molecule has 0 radical (unpaired) electrons. The largest absolute Gasteiger partial charge is 0.616 e. The number of hydrogen-bond acceptors (Lipinski definition) is 5. The van der Waals surface area contributed by atoms with E-state index in [1.807, 2.05) is 0 Å². The van der Waals surface area contributed by atoms with Crippen LogP contribution in [0.3, 0.4) is 0 Å². The highest BCUT2D eigenvalue weighted by Crippen LogP contribution is 2.38. The number of anilines is 1. The third-order valence-electron chi connectivity index (χ3n) is 4.61. The van der Waals surface area contributed by atoms with Crippen molar-refractivity contribution in [3.05, 3.63) is 71.1 Å². The molecule has 13 heteroatoms. The van der Waals surface area contributed by atoms with Crippen LogP contribution in [-0.4, -0.2) is 27.0 Å². The van der Waals surface area contributed by atoms with E-state index in [-0.39, 0.29) is 44.5 Å². The minimum absolute atomic E-state index is 0.0434. The number of sulfonamides is 1. The van der Waals surface area contributed by atoms with Gasteiger partial charge in [-0.15, -0.1) is 4.73 Å². The van der Waals surface area contributed by atoms with Crippen LogP contribution in [0.4, 0.5) is 27.6 Å². The second-order valence-corrected chi connectivity index (χ2v) is 9.33. The first-order chi connectivity index (χ1) is 16.3. The van der Waals surface area contributed by atoms with E-state index in [1.165, 1.54) is 38.1 Å². The zero-order valence-electron chi connectivity index (χ0n) is 18.3. The fraction of sp³-hybridized carbons (Fsp3) is 0.227. The maximum absolute atomic E-state index is 14.2. The van der Waals surface area contributed by atoms with Crippen molar-refractivity contribution in [1.82, 2.24) is 0 Å². The van der Waals surface area contributed by atoms with E-state index >= 15 is 0 Å². The van der Waals surface area contributed by atoms with Crippen LogP contribution in [0.15, 0.2) is 48.5 Å². The third-order valence-corrected chi connectivity index (χ3v) is 5.91. The van der Waals surface area contributed by atoms with Crippen molar-refractivity contribution in [3.63, 3.8) is 0 Å². The van der Waals surface area contributed by atoms with Gasteiger partial charge in [0.15, 0.2) is 23.9 Å². The van der Waals surface area contributed by atoms with Crippen LogP contribution in [0.5, 0.6) is 17.4 Å². The molecule has 1 N–H and O–H groups in total. The van der Waals surface area contributed by atoms with Gasteiger partial charge in [0.2, 0.25) is 10.0 Å². The molecule has 0 saturated heterocycles. The molecule has 0 fully saturated rings. The average Bonchev–Trinajstić information content (AvgIpc) is 2.76. The quantitative estimate of drug-likeness (QED) is 0.256. The molecule has 0 unspecified atom stereocenters. The van der Waals surface area contributed by atoms with Crippen LogP contribution in [0.25, 0.3) is 11.1 Å². The summed E-state index contributed by atoms with van der Waals surface area (Å²) in [5.41, 5.74) is 0.230. The van der Waals surface area contributed by atoms with Gasteiger partial charge in [0.25, 0.3) is 0 Å². The molecule has 0 atom stereocenters. The molecule has 2 aromatic carbocycles. The van der Waals surface area contributed by atoms with Crippen molar-refractivity contribution in [3.8, 4) is 28.5 Å². The smallest absolute Gasteiger partial charge is 0.422 e. The Morgan fingerprint density at radius 3 is 2.34 bits per heavy atom. The van der Waals surface area contributed by atoms with E-state index in [0.29, 0.717) is 6.07 Å². The van der Waals surface area contributed by atoms with Crippen molar-refractivity contribution in [2.75, 3.05) is 17.1 Å². The molecule has 1 heterocycles. The maximum Gasteiger partial charge on any atom is 0.422 e. The van der Waals surface area contributed by atoms with Crippen LogP contribution < -0.4 is 18.9 Å². The summed E-state index contributed by atoms with van der Waals surface area (Å²) in [5.74, 6) is -3.20. The van der Waals surface area contributed by atoms with E-state index in [1.54, 1.807) is 0 Å². The van der Waals surface area contributed by atoms with Crippen molar-refractivity contribution in [2.45, 2.75) is 20.0 Å². The van der Waals surface area contributed by atoms with Gasteiger partial charge in [0.05, 0.1) is 11.8 Å². The number of nitrogens with zero attached hydrogens (tertiary/aromatic N) is 1. The molecule has 0 aliphatic rings. The summed E-state index contributed by atoms with van der Waals surface area (Å²) in [4.78, 5) is 0. The molecule has 0 amide bonds. The molecular formula is C22H19F5N2O5S. The zero-order valence-corrected chi connectivity index (χ0v) is 19.1. The molecule has 35 heavy (non-hydrogen) atoms. The SMILES string of the molecule is CCS(=O)(=O)Nc1ccc(Oc2ccc(F)cc2F)c(-c2cc(C)[n+]([O-])c(OCC(F)(F)F)c2)c1. The number of nitrogens with one attached hydrogen (secondary N) is 1. The Morgan fingerprint density at radius 2 is 1.71 bits per heavy atom. The number of rotatable bonds is 8. The van der Waals surface area contributed by atoms with Gasteiger partial charge in [-0.1, -0.05) is 0 Å². The number of pyridine rings is 1. The number of aryl methyl sites for hydroxylation is 1. The summed E-state index contributed by atoms with van der Waals surface area (Å²) in [7, 11) is -3.70. The minimum Gasteiger partial charge on any atom is -0.616 e. The van der Waals surface area contributed by atoms with E-state index in [4.69, 9.17) is 4.74 Å². The fourth-order valence-corrected chi connectivity index (χ4v) is 3.57. The number of hydrogen-bond donors (Lipinski definition) is 1. The van der Waals surface area contributed by atoms with Crippen LogP contribution in [0, 0.1) is 23.8 Å². The standard InChI is InChI=1S/C22H19F5N2O5S/c1-3-35(31,32)28-16-5-7-19(34-20-6-4-15(23)10-18(20)24)17(11-16)14-8-13(2)29(30)21(9-14)33-12-22(25,26)27/h4-11,28H,3,12H2,1-2H3. The number of ether oxygens (including phenoxy) is 2. The normalized spacial score (nSPS) is 11.9. The van der Waals surface area contributed by atoms with Gasteiger partial charge >= 0.3 is 12.1 Å². The van der Waals surface area contributed by atoms with Crippen molar-refractivity contribution >= 4 is 15.7 Å². The topological polar surface area (TPSA) is 91.6 Å². The molecule has 0 saturated carbocycles. The van der Waals surface area contributed by atoms with Gasteiger partial charge in [0, 0.05) is 35.9 Å². The first-order valence-corrected chi connectivity index (χ1v) is 11.6. The minimum atomic E-state index is -4.70. The van der Waals surface area contributed by atoms with Crippen LogP contribution >= 0.6 is 0 Å². The molecule has 0 aliphatic heterocycles. The lowest BCUT2D eigenvalue weighted by atomic mass is 10.0. The van der Waals surface area contributed by atoms with E-state index < -0.39 is 40.3 Å². The summed E-state index contributed by atoms with van der Waals surface area (Å²) < 4.78 is 102. The first kappa shape index (κ1) is 26.0. The molecule has 1 aromatic heterocycles. The number of alkyl halides is 3. The van der Waals surface area contributed by atoms with Crippen LogP contribution in [0.2, 0.25) is 0 Å². The Labute approximate surface area is 197 Å². The van der Waals surface area contributed by atoms with Crippen molar-refractivity contribution in [1.29, 1.82) is 0 Å². The van der Waals surface area contributed by atoms with Crippen LogP contribution in [-0.2, 0) is 10.0 Å². The number of halogens is 5. The Balaban J connectivity index is 2.13. The second kappa shape index (κ2) is 9.94. The molecular weight excluding hydrogens is 499 g/mol. The highest BCUT2D eigenvalue weighted by atomic mass is 32.2. The third kappa shape index (κ3) is 6.72. The van der Waals surface area contributed by atoms with E-state index in [9.17, 15) is 35.6 Å². The fourth-order valence-electron chi connectivity index (χ4n) is 2.94. The summed E-state index contributed by atoms with van der Waals surface area (Å²) in [6, 6.07) is 8.78. The average molecular weight is 518 g/mol. The highest BCUT2D eigenvalue weighted by Gasteiger charge is 2.30. The number of aromatic nitrogens is 1. The van der Waals surface area contributed by atoms with Crippen molar-refractivity contribution in [2.24, 2.45) is 0 Å². The van der Waals surface area contributed by atoms with Crippen LogP contribution in [0.1, 0.15) is 12.6 Å². The Bertz CT molecular complexity index is 1350. The highest BCUT2D eigenvalue weighted by molar-refractivity contribution is 7.92. The Kier molecular flexibility index (Phi) is 7.38. The summed E-state index contributed by atoms with van der Waals surface area (Å²) in [6.07, 6.45) is -4.70. The molecule has 7 nitrogen and oxygen atoms in total. The second-order valence-electron chi connectivity index (χ2n) is 7.32. The monoisotopic (exact) mass is 518 g/mol. The molecule has 0 spiro atoms. The van der Waals surface area contributed by atoms with Crippen molar-refractivity contribution < 1.29 is 44.6 Å². The van der Waals surface area contributed by atoms with Gasteiger partial charge in [-0.3, -0.25) is 4.72 Å². The summed E-state index contributed by atoms with van der Waals surface area (Å²) in [5, 5.41) is 12.2. The predicted octanol–water partition coefficient (Wildman–Crippen LogP) is 5.07. The Hall–Kier alpha value is -3.61. The van der Waals surface area contributed by atoms with Gasteiger partial charge < -0.3 is 14.7 Å². The maximum atomic E-state index is 14.2. The van der Waals surface area contributed by atoms with E-state index in [0.717, 1.165) is 18.2 Å². The molecule has 0 bridgehead atoms. The lowest BCUT2D eigenvalue weighted by Gasteiger charge is -2.16. The molecule has 3 rings (SSSR count). The molecule has 188 valence electrons. The van der Waals surface area contributed by atoms with Gasteiger partial charge in [-0.25, -0.2) is 17.2 Å². The Morgan fingerprint density at radius 1 is 1.03 bits per heavy atom. The summed E-state index contributed by atoms with van der Waals surface area (Å²) in [6.45, 7) is 1.01.